The highest BCUT2D eigenvalue weighted by atomic mass is 35.5. The number of halogens is 2. The van der Waals surface area contributed by atoms with Crippen molar-refractivity contribution in [1.29, 1.82) is 0 Å². The zero-order chi connectivity index (χ0) is 26.4. The lowest BCUT2D eigenvalue weighted by Crippen LogP contribution is -2.73. The van der Waals surface area contributed by atoms with Gasteiger partial charge in [0.15, 0.2) is 12.1 Å². The molecule has 0 unspecified atom stereocenters. The monoisotopic (exact) mass is 555 g/mol. The predicted molar refractivity (Wildman–Crippen MR) is 142 cm³/mol. The molecule has 6 rings (SSSR count). The second kappa shape index (κ2) is 10.2. The molecule has 3 aliphatic heterocycles. The van der Waals surface area contributed by atoms with Gasteiger partial charge in [0.1, 0.15) is 30.1 Å². The molecule has 3 aromatic rings. The van der Waals surface area contributed by atoms with Crippen LogP contribution in [0.2, 0.25) is 10.0 Å². The first-order valence-corrected chi connectivity index (χ1v) is 13.2. The molecule has 1 amide bonds. The molecular weight excluding hydrogens is 529 g/mol. The number of hydrogen-bond donors (Lipinski definition) is 0. The minimum atomic E-state index is -0.826. The van der Waals surface area contributed by atoms with Crippen molar-refractivity contribution in [3.05, 3.63) is 94.5 Å². The summed E-state index contributed by atoms with van der Waals surface area (Å²) in [6, 6.07) is 23.6. The number of anilines is 1. The molecule has 0 saturated carbocycles. The molecule has 198 valence electrons. The Kier molecular flexibility index (Phi) is 6.84. The van der Waals surface area contributed by atoms with Gasteiger partial charge < -0.3 is 23.7 Å². The van der Waals surface area contributed by atoms with Gasteiger partial charge in [-0.15, -0.1) is 0 Å². The van der Waals surface area contributed by atoms with Gasteiger partial charge in [0, 0.05) is 5.69 Å². The Morgan fingerprint density at radius 1 is 0.895 bits per heavy atom. The number of para-hydroxylation sites is 1. The summed E-state index contributed by atoms with van der Waals surface area (Å²) in [5.41, 5.74) is 1.60. The third kappa shape index (κ3) is 4.79. The van der Waals surface area contributed by atoms with Crippen molar-refractivity contribution in [2.45, 2.75) is 63.0 Å². The number of benzene rings is 3. The molecule has 3 fully saturated rings. The topological polar surface area (TPSA) is 66.5 Å². The summed E-state index contributed by atoms with van der Waals surface area (Å²) in [6.45, 7) is 4.03. The lowest BCUT2D eigenvalue weighted by Gasteiger charge is -2.49. The van der Waals surface area contributed by atoms with Crippen LogP contribution in [-0.2, 0) is 30.3 Å². The molecule has 3 heterocycles. The highest BCUT2D eigenvalue weighted by molar-refractivity contribution is 6.42. The molecule has 3 aliphatic rings. The number of ether oxygens (including phenoxy) is 5. The lowest BCUT2D eigenvalue weighted by molar-refractivity contribution is -0.226. The molecule has 6 atom stereocenters. The standard InChI is InChI=1S/C29H27Cl2NO6/c1-29(2)37-26-25(34-16-17-9-5-3-6-10-17)23(36-28(26)38-29)22-24(35-19-11-7-4-8-12-19)27(33)32(22)18-13-14-20(30)21(31)15-18/h3-15,22-26,28H,16H2,1-2H3/t22-,23-,24+,25+,26-,28-/m1/s1. The molecule has 0 N–H and O–H groups in total. The second-order valence-corrected chi connectivity index (χ2v) is 10.8. The summed E-state index contributed by atoms with van der Waals surface area (Å²) in [6.07, 6.45) is -3.09. The SMILES string of the molecule is CC1(C)O[C@H]2O[C@H]([C@@H]3[C@H](Oc4ccccc4)C(=O)N3c3ccc(Cl)c(Cl)c3)[C@H](OCc3ccccc3)[C@H]2O1. The minimum absolute atomic E-state index is 0.220. The molecule has 3 saturated heterocycles. The largest absolute Gasteiger partial charge is 0.478 e. The van der Waals surface area contributed by atoms with Crippen molar-refractivity contribution in [2.24, 2.45) is 0 Å². The van der Waals surface area contributed by atoms with Gasteiger partial charge in [-0.05, 0) is 49.7 Å². The minimum Gasteiger partial charge on any atom is -0.478 e. The molecule has 9 heteroatoms. The maximum atomic E-state index is 13.5. The van der Waals surface area contributed by atoms with E-state index in [4.69, 9.17) is 46.9 Å². The van der Waals surface area contributed by atoms with Crippen molar-refractivity contribution in [1.82, 2.24) is 0 Å². The first kappa shape index (κ1) is 25.6. The molecular formula is C29H27Cl2NO6. The first-order valence-electron chi connectivity index (χ1n) is 12.5. The summed E-state index contributed by atoms with van der Waals surface area (Å²) >= 11 is 12.5. The van der Waals surface area contributed by atoms with Crippen LogP contribution in [0.4, 0.5) is 5.69 Å². The van der Waals surface area contributed by atoms with Gasteiger partial charge in [0.05, 0.1) is 16.7 Å². The van der Waals surface area contributed by atoms with Gasteiger partial charge in [-0.3, -0.25) is 9.69 Å². The average molecular weight is 556 g/mol. The number of fused-ring (bicyclic) bond motifs is 1. The van der Waals surface area contributed by atoms with Gasteiger partial charge in [0.25, 0.3) is 5.91 Å². The van der Waals surface area contributed by atoms with Crippen molar-refractivity contribution < 1.29 is 28.5 Å². The Bertz CT molecular complexity index is 1310. The van der Waals surface area contributed by atoms with Crippen LogP contribution in [0, 0.1) is 0 Å². The van der Waals surface area contributed by atoms with E-state index in [1.807, 2.05) is 74.5 Å². The van der Waals surface area contributed by atoms with E-state index in [-0.39, 0.29) is 5.91 Å². The third-order valence-corrected chi connectivity index (χ3v) is 7.66. The number of β-lactam (4-membered cyclic amide) rings is 1. The molecule has 0 aliphatic carbocycles. The van der Waals surface area contributed by atoms with E-state index in [1.54, 1.807) is 23.1 Å². The highest BCUT2D eigenvalue weighted by Crippen LogP contribution is 2.45. The van der Waals surface area contributed by atoms with Crippen LogP contribution in [0.5, 0.6) is 5.75 Å². The van der Waals surface area contributed by atoms with Crippen LogP contribution in [0.25, 0.3) is 0 Å². The Balaban J connectivity index is 1.34. The molecule has 3 aromatic carbocycles. The summed E-state index contributed by atoms with van der Waals surface area (Å²) in [7, 11) is 0. The van der Waals surface area contributed by atoms with Crippen LogP contribution in [-0.4, -0.2) is 48.4 Å². The Hall–Kier alpha value is -2.65. The van der Waals surface area contributed by atoms with Crippen molar-refractivity contribution in [2.75, 3.05) is 4.90 Å². The van der Waals surface area contributed by atoms with Crippen molar-refractivity contribution >= 4 is 34.8 Å². The Morgan fingerprint density at radius 3 is 2.32 bits per heavy atom. The quantitative estimate of drug-likeness (QED) is 0.352. The highest BCUT2D eigenvalue weighted by Gasteiger charge is 2.64. The van der Waals surface area contributed by atoms with Gasteiger partial charge >= 0.3 is 0 Å². The molecule has 7 nitrogen and oxygen atoms in total. The number of amides is 1. The number of hydrogen-bond acceptors (Lipinski definition) is 6. The summed E-state index contributed by atoms with van der Waals surface area (Å²) in [5, 5.41) is 0.745. The molecule has 0 bridgehead atoms. The zero-order valence-corrected chi connectivity index (χ0v) is 22.3. The van der Waals surface area contributed by atoms with Crippen LogP contribution in [0.3, 0.4) is 0 Å². The number of nitrogens with zero attached hydrogens (tertiary/aromatic N) is 1. The third-order valence-electron chi connectivity index (χ3n) is 6.93. The van der Waals surface area contributed by atoms with Crippen LogP contribution in [0.15, 0.2) is 78.9 Å². The molecule has 0 spiro atoms. The smallest absolute Gasteiger partial charge is 0.270 e. The van der Waals surface area contributed by atoms with E-state index in [2.05, 4.69) is 0 Å². The maximum absolute atomic E-state index is 13.5. The number of carbonyl (C=O) groups excluding carboxylic acids is 1. The van der Waals surface area contributed by atoms with E-state index in [1.165, 1.54) is 0 Å². The summed E-state index contributed by atoms with van der Waals surface area (Å²) in [5.74, 6) is -0.465. The molecule has 38 heavy (non-hydrogen) atoms. The molecule has 0 radical (unpaired) electrons. The van der Waals surface area contributed by atoms with Gasteiger partial charge in [0.2, 0.25) is 6.10 Å². The summed E-state index contributed by atoms with van der Waals surface area (Å²) < 4.78 is 31.4. The van der Waals surface area contributed by atoms with E-state index in [9.17, 15) is 4.79 Å². The number of carbonyl (C=O) groups is 1. The molecule has 0 aromatic heterocycles. The van der Waals surface area contributed by atoms with Gasteiger partial charge in [-0.2, -0.15) is 0 Å². The van der Waals surface area contributed by atoms with Crippen molar-refractivity contribution in [3.63, 3.8) is 0 Å². The zero-order valence-electron chi connectivity index (χ0n) is 20.8. The fraction of sp³-hybridized carbons (Fsp3) is 0.345. The normalized spacial score (nSPS) is 29.7. The van der Waals surface area contributed by atoms with Gasteiger partial charge in [-0.25, -0.2) is 0 Å². The van der Waals surface area contributed by atoms with Crippen LogP contribution >= 0.6 is 23.2 Å². The Labute approximate surface area is 231 Å². The van der Waals surface area contributed by atoms with Crippen molar-refractivity contribution in [3.8, 4) is 5.75 Å². The average Bonchev–Trinajstić information content (AvgIpc) is 3.38. The maximum Gasteiger partial charge on any atom is 0.270 e. The first-order chi connectivity index (χ1) is 18.3. The van der Waals surface area contributed by atoms with Crippen LogP contribution < -0.4 is 9.64 Å². The van der Waals surface area contributed by atoms with Crippen LogP contribution in [0.1, 0.15) is 19.4 Å². The fourth-order valence-corrected chi connectivity index (χ4v) is 5.53. The Morgan fingerprint density at radius 2 is 1.61 bits per heavy atom. The van der Waals surface area contributed by atoms with E-state index in [0.29, 0.717) is 28.1 Å². The number of rotatable bonds is 7. The van der Waals surface area contributed by atoms with Gasteiger partial charge in [-0.1, -0.05) is 71.7 Å². The lowest BCUT2D eigenvalue weighted by atomic mass is 9.88. The predicted octanol–water partition coefficient (Wildman–Crippen LogP) is 5.62. The summed E-state index contributed by atoms with van der Waals surface area (Å²) in [4.78, 5) is 15.2. The van der Waals surface area contributed by atoms with E-state index < -0.39 is 42.5 Å². The second-order valence-electron chi connectivity index (χ2n) is 9.98. The fourth-order valence-electron chi connectivity index (χ4n) is 5.24. The van der Waals surface area contributed by atoms with E-state index >= 15 is 0 Å². The van der Waals surface area contributed by atoms with E-state index in [0.717, 1.165) is 5.56 Å².